The van der Waals surface area contributed by atoms with Crippen LogP contribution in [0.15, 0.2) is 38.9 Å². The standard InChI is InChI=1S/C26H33N7O5/c1-28(20(34)12-10-15-9-11-16-19(13-15)30(3)25(37)29(16)2)17-7-6-8-18(22(17)35)33-14-27-21-23(33)31(4)26(38)32(5)24(21)36/h9,11,13-14,17-18,22,35H,6-8,10,12H2,1-5H3/t17-,18-,22-/m1/s1. The summed E-state index contributed by atoms with van der Waals surface area (Å²) in [6.45, 7) is 0. The number of benzene rings is 1. The van der Waals surface area contributed by atoms with E-state index in [4.69, 9.17) is 0 Å². The highest BCUT2D eigenvalue weighted by Gasteiger charge is 2.38. The van der Waals surface area contributed by atoms with Gasteiger partial charge in [-0.3, -0.25) is 27.9 Å². The largest absolute Gasteiger partial charge is 0.389 e. The Bertz CT molecular complexity index is 1740. The average Bonchev–Trinajstić information content (AvgIpc) is 3.45. The summed E-state index contributed by atoms with van der Waals surface area (Å²) in [7, 11) is 8.16. The van der Waals surface area contributed by atoms with Gasteiger partial charge in [-0.2, -0.15) is 0 Å². The fourth-order valence-corrected chi connectivity index (χ4v) is 5.82. The van der Waals surface area contributed by atoms with Crippen molar-refractivity contribution in [2.24, 2.45) is 28.2 Å². The predicted molar refractivity (Wildman–Crippen MR) is 142 cm³/mol. The predicted octanol–water partition coefficient (Wildman–Crippen LogP) is 0.170. The number of aliphatic hydroxyl groups excluding tert-OH is 1. The number of carbonyl (C=O) groups is 1. The van der Waals surface area contributed by atoms with Crippen LogP contribution in [0.25, 0.3) is 22.2 Å². The van der Waals surface area contributed by atoms with Crippen LogP contribution in [-0.4, -0.2) is 62.9 Å². The molecule has 0 aliphatic heterocycles. The molecule has 3 heterocycles. The fraction of sp³-hybridized carbons (Fsp3) is 0.500. The van der Waals surface area contributed by atoms with Gasteiger partial charge in [0, 0.05) is 41.7 Å². The maximum Gasteiger partial charge on any atom is 0.332 e. The van der Waals surface area contributed by atoms with Crippen LogP contribution < -0.4 is 16.9 Å². The lowest BCUT2D eigenvalue weighted by Crippen LogP contribution is -2.50. The first-order chi connectivity index (χ1) is 18.0. The summed E-state index contributed by atoms with van der Waals surface area (Å²) >= 11 is 0. The number of aromatic nitrogens is 6. The Balaban J connectivity index is 1.34. The Morgan fingerprint density at radius 2 is 1.68 bits per heavy atom. The van der Waals surface area contributed by atoms with E-state index in [-0.39, 0.29) is 23.5 Å². The molecule has 3 atom stereocenters. The highest BCUT2D eigenvalue weighted by Crippen LogP contribution is 2.33. The zero-order valence-electron chi connectivity index (χ0n) is 22.3. The van der Waals surface area contributed by atoms with Crippen LogP contribution >= 0.6 is 0 Å². The molecule has 1 fully saturated rings. The van der Waals surface area contributed by atoms with Crippen LogP contribution in [0.2, 0.25) is 0 Å². The number of likely N-dealkylation sites (N-methyl/N-ethyl adjacent to an activating group) is 1. The summed E-state index contributed by atoms with van der Waals surface area (Å²) in [6, 6.07) is 4.91. The Hall–Kier alpha value is -3.93. The third kappa shape index (κ3) is 3.90. The summed E-state index contributed by atoms with van der Waals surface area (Å²) in [5, 5.41) is 11.4. The molecule has 0 spiro atoms. The van der Waals surface area contributed by atoms with E-state index in [2.05, 4.69) is 4.98 Å². The molecule has 4 aromatic rings. The van der Waals surface area contributed by atoms with Gasteiger partial charge in [-0.1, -0.05) is 6.07 Å². The zero-order valence-corrected chi connectivity index (χ0v) is 22.3. The normalized spacial score (nSPS) is 19.9. The summed E-state index contributed by atoms with van der Waals surface area (Å²) in [6.07, 6.45) is 3.40. The molecule has 1 aromatic carbocycles. The van der Waals surface area contributed by atoms with E-state index < -0.39 is 29.4 Å². The van der Waals surface area contributed by atoms with E-state index >= 15 is 0 Å². The zero-order chi connectivity index (χ0) is 27.5. The molecule has 1 aliphatic rings. The number of rotatable bonds is 5. The van der Waals surface area contributed by atoms with Crippen molar-refractivity contribution in [2.45, 2.75) is 50.3 Å². The number of aliphatic hydroxyl groups is 1. The van der Waals surface area contributed by atoms with Gasteiger partial charge in [0.25, 0.3) is 5.56 Å². The van der Waals surface area contributed by atoms with Crippen molar-refractivity contribution in [3.8, 4) is 0 Å². The molecule has 1 N–H and O–H groups in total. The van der Waals surface area contributed by atoms with E-state index in [1.54, 1.807) is 46.8 Å². The van der Waals surface area contributed by atoms with Crippen LogP contribution in [0.4, 0.5) is 0 Å². The van der Waals surface area contributed by atoms with Gasteiger partial charge >= 0.3 is 11.4 Å². The molecule has 1 saturated carbocycles. The first-order valence-electron chi connectivity index (χ1n) is 12.7. The van der Waals surface area contributed by atoms with Gasteiger partial charge in [-0.05, 0) is 43.4 Å². The number of fused-ring (bicyclic) bond motifs is 2. The summed E-state index contributed by atoms with van der Waals surface area (Å²) in [5.41, 5.74) is 2.09. The van der Waals surface area contributed by atoms with E-state index in [9.17, 15) is 24.3 Å². The van der Waals surface area contributed by atoms with Gasteiger partial charge in [0.1, 0.15) is 5.65 Å². The van der Waals surface area contributed by atoms with Crippen molar-refractivity contribution in [3.63, 3.8) is 0 Å². The topological polar surface area (TPSA) is 129 Å². The minimum atomic E-state index is -0.899. The SMILES string of the molecule is CN(C(=O)CCc1ccc2c(c1)n(C)c(=O)n2C)[C@@H]1CCC[C@@H](n2cnc3c(=O)n(C)c(=O)n(C)c32)[C@@H]1O. The summed E-state index contributed by atoms with van der Waals surface area (Å²) in [4.78, 5) is 56.4. The number of nitrogens with zero attached hydrogens (tertiary/aromatic N) is 7. The Morgan fingerprint density at radius 3 is 2.42 bits per heavy atom. The Kier molecular flexibility index (Phi) is 6.38. The number of hydrogen-bond donors (Lipinski definition) is 1. The second-order valence-electron chi connectivity index (χ2n) is 10.3. The van der Waals surface area contributed by atoms with Crippen LogP contribution in [0.3, 0.4) is 0 Å². The monoisotopic (exact) mass is 523 g/mol. The van der Waals surface area contributed by atoms with Gasteiger partial charge in [-0.15, -0.1) is 0 Å². The molecule has 38 heavy (non-hydrogen) atoms. The maximum absolute atomic E-state index is 13.2. The summed E-state index contributed by atoms with van der Waals surface area (Å²) < 4.78 is 7.27. The highest BCUT2D eigenvalue weighted by atomic mass is 16.3. The number of hydrogen-bond acceptors (Lipinski definition) is 6. The molecule has 5 rings (SSSR count). The second-order valence-corrected chi connectivity index (χ2v) is 10.3. The molecule has 3 aromatic heterocycles. The summed E-state index contributed by atoms with van der Waals surface area (Å²) in [5.74, 6) is -0.0893. The van der Waals surface area contributed by atoms with Crippen LogP contribution in [0.5, 0.6) is 0 Å². The van der Waals surface area contributed by atoms with Crippen molar-refractivity contribution in [2.75, 3.05) is 7.05 Å². The van der Waals surface area contributed by atoms with Crippen molar-refractivity contribution < 1.29 is 9.90 Å². The quantitative estimate of drug-likeness (QED) is 0.397. The molecule has 0 radical (unpaired) electrons. The van der Waals surface area contributed by atoms with Crippen molar-refractivity contribution >= 4 is 28.1 Å². The number of amides is 1. The van der Waals surface area contributed by atoms with Gasteiger partial charge < -0.3 is 14.6 Å². The molecular weight excluding hydrogens is 490 g/mol. The molecule has 12 heteroatoms. The third-order valence-corrected chi connectivity index (χ3v) is 8.17. The lowest BCUT2D eigenvalue weighted by atomic mass is 9.86. The molecule has 0 bridgehead atoms. The van der Waals surface area contributed by atoms with Crippen molar-refractivity contribution in [3.05, 3.63) is 61.4 Å². The van der Waals surface area contributed by atoms with E-state index in [0.717, 1.165) is 27.6 Å². The molecular formula is C26H33N7O5. The second kappa shape index (κ2) is 9.43. The van der Waals surface area contributed by atoms with Crippen LogP contribution in [0.1, 0.15) is 37.3 Å². The molecule has 1 amide bonds. The smallest absolute Gasteiger partial charge is 0.332 e. The van der Waals surface area contributed by atoms with Crippen molar-refractivity contribution in [1.82, 2.24) is 32.7 Å². The molecule has 1 aliphatic carbocycles. The molecule has 12 nitrogen and oxygen atoms in total. The lowest BCUT2D eigenvalue weighted by Gasteiger charge is -2.40. The maximum atomic E-state index is 13.2. The van der Waals surface area contributed by atoms with Gasteiger partial charge in [-0.25, -0.2) is 14.6 Å². The van der Waals surface area contributed by atoms with Crippen molar-refractivity contribution in [1.29, 1.82) is 0 Å². The number of carbonyl (C=O) groups excluding carboxylic acids is 1. The Morgan fingerprint density at radius 1 is 1.00 bits per heavy atom. The van der Waals surface area contributed by atoms with Gasteiger partial charge in [0.2, 0.25) is 5.91 Å². The average molecular weight is 524 g/mol. The molecule has 202 valence electrons. The minimum Gasteiger partial charge on any atom is -0.389 e. The van der Waals surface area contributed by atoms with E-state index in [1.165, 1.54) is 17.9 Å². The minimum absolute atomic E-state index is 0.0893. The van der Waals surface area contributed by atoms with E-state index in [1.807, 2.05) is 18.2 Å². The number of imidazole rings is 2. The number of aryl methyl sites for hydroxylation is 4. The van der Waals surface area contributed by atoms with Crippen LogP contribution in [-0.2, 0) is 39.4 Å². The molecule has 0 unspecified atom stereocenters. The van der Waals surface area contributed by atoms with Crippen LogP contribution in [0, 0.1) is 0 Å². The Labute approximate surface area is 218 Å². The first-order valence-corrected chi connectivity index (χ1v) is 12.7. The molecule has 0 saturated heterocycles. The highest BCUT2D eigenvalue weighted by molar-refractivity contribution is 5.78. The van der Waals surface area contributed by atoms with Gasteiger partial charge in [0.15, 0.2) is 5.52 Å². The van der Waals surface area contributed by atoms with E-state index in [0.29, 0.717) is 24.9 Å². The fourth-order valence-electron chi connectivity index (χ4n) is 5.82. The third-order valence-electron chi connectivity index (χ3n) is 8.17. The lowest BCUT2D eigenvalue weighted by molar-refractivity contribution is -0.136. The van der Waals surface area contributed by atoms with Gasteiger partial charge in [0.05, 0.1) is 35.5 Å². The first kappa shape index (κ1) is 25.7.